The average Bonchev–Trinajstić information content (AvgIpc) is 3.08. The second-order valence-corrected chi connectivity index (χ2v) is 5.79. The third-order valence-corrected chi connectivity index (χ3v) is 3.90. The number of nitrogens with one attached hydrogen (secondary N) is 2. The van der Waals surface area contributed by atoms with Gasteiger partial charge in [-0.25, -0.2) is 0 Å². The lowest BCUT2D eigenvalue weighted by atomic mass is 10.0. The number of hydrogen-bond acceptors (Lipinski definition) is 5. The second kappa shape index (κ2) is 9.17. The zero-order chi connectivity index (χ0) is 18.2. The lowest BCUT2D eigenvalue weighted by molar-refractivity contribution is 0.0683. The molecule has 2 unspecified atom stereocenters. The molecule has 2 atom stereocenters. The third kappa shape index (κ3) is 5.29. The first-order valence-corrected chi connectivity index (χ1v) is 8.52. The number of benzene rings is 1. The van der Waals surface area contributed by atoms with Gasteiger partial charge in [-0.15, -0.1) is 0 Å². The van der Waals surface area contributed by atoms with E-state index in [2.05, 4.69) is 51.7 Å². The minimum absolute atomic E-state index is 0.128. The summed E-state index contributed by atoms with van der Waals surface area (Å²) in [6, 6.07) is 8.41. The van der Waals surface area contributed by atoms with Crippen molar-refractivity contribution < 1.29 is 9.26 Å². The van der Waals surface area contributed by atoms with Crippen LogP contribution in [0, 0.1) is 6.92 Å². The summed E-state index contributed by atoms with van der Waals surface area (Å²) in [6.45, 7) is 9.04. The fourth-order valence-electron chi connectivity index (χ4n) is 2.54. The number of hydrogen-bond donors (Lipinski definition) is 2. The molecule has 2 rings (SSSR count). The van der Waals surface area contributed by atoms with Gasteiger partial charge < -0.3 is 19.9 Å². The molecule has 7 heteroatoms. The first-order chi connectivity index (χ1) is 12.0. The monoisotopic (exact) mass is 345 g/mol. The van der Waals surface area contributed by atoms with Crippen LogP contribution in [0.2, 0.25) is 0 Å². The van der Waals surface area contributed by atoms with Crippen LogP contribution < -0.4 is 10.6 Å². The van der Waals surface area contributed by atoms with Crippen LogP contribution in [0.5, 0.6) is 0 Å². The molecule has 1 aromatic heterocycles. The van der Waals surface area contributed by atoms with Gasteiger partial charge in [0.05, 0.1) is 12.6 Å². The minimum atomic E-state index is -0.180. The molecule has 1 heterocycles. The van der Waals surface area contributed by atoms with Gasteiger partial charge in [0, 0.05) is 13.7 Å². The number of nitrogens with zero attached hydrogens (tertiary/aromatic N) is 3. The Hall–Kier alpha value is -2.41. The van der Waals surface area contributed by atoms with Crippen molar-refractivity contribution in [3.8, 4) is 0 Å². The van der Waals surface area contributed by atoms with Crippen molar-refractivity contribution >= 4 is 5.96 Å². The van der Waals surface area contributed by atoms with Gasteiger partial charge in [0.1, 0.15) is 6.10 Å². The van der Waals surface area contributed by atoms with Crippen molar-refractivity contribution in [1.82, 2.24) is 20.8 Å². The number of rotatable bonds is 7. The summed E-state index contributed by atoms with van der Waals surface area (Å²) < 4.78 is 10.7. The predicted molar refractivity (Wildman–Crippen MR) is 97.3 cm³/mol. The molecule has 2 N–H and O–H groups in total. The van der Waals surface area contributed by atoms with Crippen LogP contribution in [0.4, 0.5) is 0 Å². The summed E-state index contributed by atoms with van der Waals surface area (Å²) in [5.74, 6) is 1.72. The standard InChI is InChI=1S/C18H27N5O2/c1-6-24-14(4)17-22-16(25-23-17)11-20-18(19-5)21-13(3)15-10-8-7-9-12(15)2/h7-10,13-14H,6,11H2,1-5H3,(H2,19,20,21). The molecule has 2 aromatic rings. The zero-order valence-electron chi connectivity index (χ0n) is 15.5. The van der Waals surface area contributed by atoms with E-state index in [1.54, 1.807) is 7.05 Å². The fourth-order valence-corrected chi connectivity index (χ4v) is 2.54. The van der Waals surface area contributed by atoms with Gasteiger partial charge in [-0.3, -0.25) is 4.99 Å². The van der Waals surface area contributed by atoms with Crippen LogP contribution in [-0.4, -0.2) is 29.8 Å². The quantitative estimate of drug-likeness (QED) is 0.593. The van der Waals surface area contributed by atoms with Crippen molar-refractivity contribution in [3.05, 3.63) is 47.1 Å². The summed E-state index contributed by atoms with van der Waals surface area (Å²) in [7, 11) is 1.73. The molecule has 7 nitrogen and oxygen atoms in total. The second-order valence-electron chi connectivity index (χ2n) is 5.79. The molecule has 0 saturated carbocycles. The van der Waals surface area contributed by atoms with E-state index in [-0.39, 0.29) is 12.1 Å². The first kappa shape index (κ1) is 18.9. The van der Waals surface area contributed by atoms with E-state index in [1.165, 1.54) is 11.1 Å². The van der Waals surface area contributed by atoms with Crippen LogP contribution in [-0.2, 0) is 11.3 Å². The van der Waals surface area contributed by atoms with E-state index >= 15 is 0 Å². The van der Waals surface area contributed by atoms with Crippen LogP contribution in [0.3, 0.4) is 0 Å². The Labute approximate surface area is 148 Å². The number of aliphatic imine (C=N–C) groups is 1. The Bertz CT molecular complexity index is 698. The molecule has 0 aliphatic heterocycles. The van der Waals surface area contributed by atoms with E-state index in [1.807, 2.05) is 26.0 Å². The highest BCUT2D eigenvalue weighted by Crippen LogP contribution is 2.16. The smallest absolute Gasteiger partial charge is 0.246 e. The van der Waals surface area contributed by atoms with Gasteiger partial charge >= 0.3 is 0 Å². The molecule has 0 spiro atoms. The predicted octanol–water partition coefficient (Wildman–Crippen LogP) is 2.90. The van der Waals surface area contributed by atoms with Gasteiger partial charge in [0.25, 0.3) is 0 Å². The van der Waals surface area contributed by atoms with E-state index in [9.17, 15) is 0 Å². The Morgan fingerprint density at radius 3 is 2.76 bits per heavy atom. The third-order valence-electron chi connectivity index (χ3n) is 3.90. The SMILES string of the molecule is CCOC(C)c1noc(CNC(=NC)NC(C)c2ccccc2C)n1. The Kier molecular flexibility index (Phi) is 6.94. The van der Waals surface area contributed by atoms with Crippen LogP contribution >= 0.6 is 0 Å². The van der Waals surface area contributed by atoms with Crippen LogP contribution in [0.15, 0.2) is 33.8 Å². The number of aromatic nitrogens is 2. The molecule has 0 aliphatic rings. The highest BCUT2D eigenvalue weighted by molar-refractivity contribution is 5.80. The highest BCUT2D eigenvalue weighted by atomic mass is 16.5. The molecule has 136 valence electrons. The molecular weight excluding hydrogens is 318 g/mol. The molecular formula is C18H27N5O2. The molecule has 0 amide bonds. The Morgan fingerprint density at radius 2 is 2.08 bits per heavy atom. The normalized spacial score (nSPS) is 14.2. The Morgan fingerprint density at radius 1 is 1.32 bits per heavy atom. The van der Waals surface area contributed by atoms with E-state index in [4.69, 9.17) is 9.26 Å². The van der Waals surface area contributed by atoms with Gasteiger partial charge in [-0.1, -0.05) is 29.4 Å². The lowest BCUT2D eigenvalue weighted by Gasteiger charge is -2.19. The molecule has 0 saturated heterocycles. The summed E-state index contributed by atoms with van der Waals surface area (Å²) >= 11 is 0. The van der Waals surface area contributed by atoms with E-state index in [0.717, 1.165) is 0 Å². The maximum Gasteiger partial charge on any atom is 0.246 e. The molecule has 0 fully saturated rings. The highest BCUT2D eigenvalue weighted by Gasteiger charge is 2.14. The van der Waals surface area contributed by atoms with Crippen molar-refractivity contribution in [2.45, 2.75) is 46.4 Å². The first-order valence-electron chi connectivity index (χ1n) is 8.52. The average molecular weight is 345 g/mol. The molecule has 0 radical (unpaired) electrons. The minimum Gasteiger partial charge on any atom is -0.371 e. The van der Waals surface area contributed by atoms with Gasteiger partial charge in [0.2, 0.25) is 5.89 Å². The Balaban J connectivity index is 1.91. The fraction of sp³-hybridized carbons (Fsp3) is 0.500. The van der Waals surface area contributed by atoms with Crippen molar-refractivity contribution in [2.75, 3.05) is 13.7 Å². The molecule has 25 heavy (non-hydrogen) atoms. The number of guanidine groups is 1. The zero-order valence-corrected chi connectivity index (χ0v) is 15.5. The van der Waals surface area contributed by atoms with E-state index < -0.39 is 0 Å². The number of aryl methyl sites for hydroxylation is 1. The summed E-state index contributed by atoms with van der Waals surface area (Å²) in [5, 5.41) is 10.5. The summed E-state index contributed by atoms with van der Waals surface area (Å²) in [4.78, 5) is 8.59. The van der Waals surface area contributed by atoms with Gasteiger partial charge in [-0.2, -0.15) is 4.98 Å². The topological polar surface area (TPSA) is 84.6 Å². The lowest BCUT2D eigenvalue weighted by Crippen LogP contribution is -2.38. The molecule has 0 bridgehead atoms. The van der Waals surface area contributed by atoms with Crippen molar-refractivity contribution in [3.63, 3.8) is 0 Å². The van der Waals surface area contributed by atoms with E-state index in [0.29, 0.717) is 30.8 Å². The van der Waals surface area contributed by atoms with Crippen molar-refractivity contribution in [1.29, 1.82) is 0 Å². The molecule has 0 aliphatic carbocycles. The van der Waals surface area contributed by atoms with Gasteiger partial charge in [-0.05, 0) is 38.8 Å². The van der Waals surface area contributed by atoms with Crippen molar-refractivity contribution in [2.24, 2.45) is 4.99 Å². The number of ether oxygens (including phenoxy) is 1. The van der Waals surface area contributed by atoms with Gasteiger partial charge in [0.15, 0.2) is 11.8 Å². The van der Waals surface area contributed by atoms with Crippen LogP contribution in [0.1, 0.15) is 55.8 Å². The summed E-state index contributed by atoms with van der Waals surface area (Å²) in [6.07, 6.45) is -0.180. The summed E-state index contributed by atoms with van der Waals surface area (Å²) in [5.41, 5.74) is 2.47. The maximum absolute atomic E-state index is 5.46. The van der Waals surface area contributed by atoms with Crippen LogP contribution in [0.25, 0.3) is 0 Å². The molecule has 1 aromatic carbocycles. The largest absolute Gasteiger partial charge is 0.371 e. The maximum atomic E-state index is 5.46.